The summed E-state index contributed by atoms with van der Waals surface area (Å²) >= 11 is 3.36. The van der Waals surface area contributed by atoms with Crippen molar-refractivity contribution in [1.29, 1.82) is 0 Å². The maximum atomic E-state index is 13.0. The number of halogens is 1. The van der Waals surface area contributed by atoms with Crippen LogP contribution in [0.15, 0.2) is 58.1 Å². The van der Waals surface area contributed by atoms with Gasteiger partial charge in [-0.25, -0.2) is 0 Å². The van der Waals surface area contributed by atoms with Crippen LogP contribution in [0.2, 0.25) is 0 Å². The fourth-order valence-corrected chi connectivity index (χ4v) is 3.09. The number of rotatable bonds is 4. The van der Waals surface area contributed by atoms with Crippen molar-refractivity contribution >= 4 is 27.5 Å². The average molecular weight is 403 g/mol. The molecule has 1 atom stereocenters. The van der Waals surface area contributed by atoms with Gasteiger partial charge in [0.15, 0.2) is 5.72 Å². The van der Waals surface area contributed by atoms with E-state index in [1.807, 2.05) is 6.92 Å². The monoisotopic (exact) mass is 402 g/mol. The van der Waals surface area contributed by atoms with E-state index in [1.165, 1.54) is 5.01 Å². The van der Waals surface area contributed by atoms with Crippen molar-refractivity contribution in [1.82, 2.24) is 5.01 Å². The lowest BCUT2D eigenvalue weighted by molar-refractivity contribution is -0.0765. The Hall–Kier alpha value is -2.18. The zero-order valence-corrected chi connectivity index (χ0v) is 15.7. The minimum atomic E-state index is -1.50. The van der Waals surface area contributed by atoms with E-state index in [2.05, 4.69) is 21.0 Å². The van der Waals surface area contributed by atoms with Crippen LogP contribution in [-0.2, 0) is 5.72 Å². The number of hydrogen-bond donors (Lipinski definition) is 1. The molecule has 1 heterocycles. The van der Waals surface area contributed by atoms with Gasteiger partial charge < -0.3 is 9.84 Å². The Morgan fingerprint density at radius 2 is 1.88 bits per heavy atom. The molecule has 0 radical (unpaired) electrons. The minimum absolute atomic E-state index is 0.290. The largest absolute Gasteiger partial charge is 0.497 e. The summed E-state index contributed by atoms with van der Waals surface area (Å²) in [4.78, 5) is 13.0. The first-order valence-corrected chi connectivity index (χ1v) is 8.80. The summed E-state index contributed by atoms with van der Waals surface area (Å²) in [6, 6.07) is 14.0. The number of nitrogens with zero attached hydrogens (tertiary/aromatic N) is 2. The average Bonchev–Trinajstić information content (AvgIpc) is 3.00. The van der Waals surface area contributed by atoms with Gasteiger partial charge in [0.1, 0.15) is 5.75 Å². The van der Waals surface area contributed by atoms with Gasteiger partial charge in [0.05, 0.1) is 7.11 Å². The number of ether oxygens (including phenoxy) is 1. The maximum absolute atomic E-state index is 13.0. The Morgan fingerprint density at radius 3 is 2.44 bits per heavy atom. The van der Waals surface area contributed by atoms with Crippen LogP contribution < -0.4 is 4.74 Å². The van der Waals surface area contributed by atoms with Crippen molar-refractivity contribution in [2.45, 2.75) is 25.5 Å². The predicted octanol–water partition coefficient (Wildman–Crippen LogP) is 3.91. The van der Waals surface area contributed by atoms with E-state index in [0.29, 0.717) is 23.3 Å². The number of amides is 1. The summed E-state index contributed by atoms with van der Waals surface area (Å²) in [5, 5.41) is 16.9. The molecule has 0 unspecified atom stereocenters. The molecule has 130 valence electrons. The van der Waals surface area contributed by atoms with Crippen LogP contribution in [0.5, 0.6) is 5.75 Å². The molecule has 1 N–H and O–H groups in total. The van der Waals surface area contributed by atoms with Crippen LogP contribution in [0.1, 0.15) is 35.7 Å². The predicted molar refractivity (Wildman–Crippen MR) is 99.5 cm³/mol. The van der Waals surface area contributed by atoms with Crippen LogP contribution >= 0.6 is 15.9 Å². The van der Waals surface area contributed by atoms with E-state index in [0.717, 1.165) is 10.2 Å². The molecule has 1 amide bonds. The highest BCUT2D eigenvalue weighted by Crippen LogP contribution is 2.37. The van der Waals surface area contributed by atoms with Crippen LogP contribution in [0.3, 0.4) is 0 Å². The van der Waals surface area contributed by atoms with Gasteiger partial charge in [0, 0.05) is 27.7 Å². The van der Waals surface area contributed by atoms with E-state index < -0.39 is 5.72 Å². The van der Waals surface area contributed by atoms with Gasteiger partial charge in [-0.15, -0.1) is 0 Å². The van der Waals surface area contributed by atoms with Crippen molar-refractivity contribution in [2.24, 2.45) is 5.10 Å². The fourth-order valence-electron chi connectivity index (χ4n) is 2.83. The molecule has 0 saturated carbocycles. The van der Waals surface area contributed by atoms with E-state index >= 15 is 0 Å². The first kappa shape index (κ1) is 17.6. The summed E-state index contributed by atoms with van der Waals surface area (Å²) < 4.78 is 6.05. The molecular weight excluding hydrogens is 384 g/mol. The zero-order valence-electron chi connectivity index (χ0n) is 14.1. The van der Waals surface area contributed by atoms with Crippen molar-refractivity contribution in [3.05, 3.63) is 64.1 Å². The molecule has 3 rings (SSSR count). The van der Waals surface area contributed by atoms with E-state index in [9.17, 15) is 9.90 Å². The standard InChI is InChI=1S/C19H19BrN2O3/c1-3-16-12-19(24,14-6-10-17(25-2)11-7-14)22(21-16)18(23)13-4-8-15(20)9-5-13/h4-11,24H,3,12H2,1-2H3/t19-/m1/s1. The molecular formula is C19H19BrN2O3. The number of methoxy groups -OCH3 is 1. The van der Waals surface area contributed by atoms with Gasteiger partial charge in [-0.05, 0) is 42.8 Å². The number of benzene rings is 2. The molecule has 1 aliphatic rings. The van der Waals surface area contributed by atoms with Crippen molar-refractivity contribution < 1.29 is 14.6 Å². The molecule has 2 aromatic rings. The van der Waals surface area contributed by atoms with Crippen LogP contribution in [0.4, 0.5) is 0 Å². The minimum Gasteiger partial charge on any atom is -0.497 e. The molecule has 0 spiro atoms. The molecule has 2 aromatic carbocycles. The molecule has 0 bridgehead atoms. The van der Waals surface area contributed by atoms with E-state index in [4.69, 9.17) is 4.74 Å². The smallest absolute Gasteiger partial charge is 0.276 e. The molecule has 5 nitrogen and oxygen atoms in total. The van der Waals surface area contributed by atoms with Crippen molar-refractivity contribution in [3.63, 3.8) is 0 Å². The van der Waals surface area contributed by atoms with Crippen molar-refractivity contribution in [2.75, 3.05) is 7.11 Å². The van der Waals surface area contributed by atoms with E-state index in [-0.39, 0.29) is 12.3 Å². The van der Waals surface area contributed by atoms with Crippen LogP contribution in [-0.4, -0.2) is 28.8 Å². The number of carbonyl (C=O) groups excluding carboxylic acids is 1. The highest BCUT2D eigenvalue weighted by molar-refractivity contribution is 9.10. The second-order valence-corrected chi connectivity index (χ2v) is 6.78. The lowest BCUT2D eigenvalue weighted by atomic mass is 9.96. The fraction of sp³-hybridized carbons (Fsp3) is 0.263. The van der Waals surface area contributed by atoms with Gasteiger partial charge in [-0.1, -0.05) is 35.0 Å². The molecule has 0 aliphatic carbocycles. The molecule has 25 heavy (non-hydrogen) atoms. The van der Waals surface area contributed by atoms with Gasteiger partial charge >= 0.3 is 0 Å². The lowest BCUT2D eigenvalue weighted by Crippen LogP contribution is -2.43. The van der Waals surface area contributed by atoms with Crippen LogP contribution in [0, 0.1) is 0 Å². The van der Waals surface area contributed by atoms with Crippen LogP contribution in [0.25, 0.3) is 0 Å². The third kappa shape index (κ3) is 3.32. The van der Waals surface area contributed by atoms with Crippen molar-refractivity contribution in [3.8, 4) is 5.75 Å². The van der Waals surface area contributed by atoms with E-state index in [1.54, 1.807) is 55.6 Å². The molecule has 0 fully saturated rings. The number of hydrogen-bond acceptors (Lipinski definition) is 4. The quantitative estimate of drug-likeness (QED) is 0.842. The third-order valence-corrected chi connectivity index (χ3v) is 4.82. The second-order valence-electron chi connectivity index (χ2n) is 5.87. The summed E-state index contributed by atoms with van der Waals surface area (Å²) in [6.07, 6.45) is 0.959. The summed E-state index contributed by atoms with van der Waals surface area (Å²) in [7, 11) is 1.58. The first-order chi connectivity index (χ1) is 12.0. The molecule has 0 saturated heterocycles. The van der Waals surface area contributed by atoms with Gasteiger partial charge in [0.25, 0.3) is 5.91 Å². The Bertz CT molecular complexity index is 802. The summed E-state index contributed by atoms with van der Waals surface area (Å²) in [6.45, 7) is 1.96. The Labute approximate surface area is 155 Å². The highest BCUT2D eigenvalue weighted by Gasteiger charge is 2.45. The molecule has 0 aromatic heterocycles. The number of aliphatic hydroxyl groups is 1. The van der Waals surface area contributed by atoms with Gasteiger partial charge in [0.2, 0.25) is 0 Å². The highest BCUT2D eigenvalue weighted by atomic mass is 79.9. The zero-order chi connectivity index (χ0) is 18.0. The Balaban J connectivity index is 1.99. The topological polar surface area (TPSA) is 62.1 Å². The summed E-state index contributed by atoms with van der Waals surface area (Å²) in [5.74, 6) is 0.349. The SMILES string of the molecule is CCC1=NN(C(=O)c2ccc(Br)cc2)[C@](O)(c2ccc(OC)cc2)C1. The van der Waals surface area contributed by atoms with Gasteiger partial charge in [-0.3, -0.25) is 4.79 Å². The lowest BCUT2D eigenvalue weighted by Gasteiger charge is -2.31. The normalized spacial score (nSPS) is 19.7. The number of hydrazone groups is 1. The maximum Gasteiger partial charge on any atom is 0.276 e. The number of carbonyl (C=O) groups is 1. The second kappa shape index (κ2) is 6.98. The summed E-state index contributed by atoms with van der Waals surface area (Å²) in [5.41, 5.74) is 0.355. The third-order valence-electron chi connectivity index (χ3n) is 4.29. The Morgan fingerprint density at radius 1 is 1.24 bits per heavy atom. The van der Waals surface area contributed by atoms with Gasteiger partial charge in [-0.2, -0.15) is 10.1 Å². The Kier molecular flexibility index (Phi) is 4.92. The first-order valence-electron chi connectivity index (χ1n) is 8.01. The molecule has 6 heteroatoms. The molecule has 1 aliphatic heterocycles.